The Labute approximate surface area is 425 Å². The summed E-state index contributed by atoms with van der Waals surface area (Å²) in [5, 5.41) is 8.83. The second-order valence-corrected chi connectivity index (χ2v) is 17.6. The molecule has 0 saturated heterocycles. The normalized spacial score (nSPS) is 10.9. The number of nitrogens with zero attached hydrogens (tertiary/aromatic N) is 4. The number of hydrogen-bond donors (Lipinski definition) is 3. The lowest BCUT2D eigenvalue weighted by Crippen LogP contribution is -2.29. The van der Waals surface area contributed by atoms with Gasteiger partial charge in [0.2, 0.25) is 0 Å². The third-order valence-electron chi connectivity index (χ3n) is 12.2. The van der Waals surface area contributed by atoms with Gasteiger partial charge in [-0.2, -0.15) is 0 Å². The highest BCUT2D eigenvalue weighted by Crippen LogP contribution is 2.29. The summed E-state index contributed by atoms with van der Waals surface area (Å²) < 4.78 is 14.1. The Morgan fingerprint density at radius 1 is 0.592 bits per heavy atom. The maximum absolute atomic E-state index is 12.9. The number of fused-ring (bicyclic) bond motifs is 1. The molecule has 4 N–H and O–H groups in total. The molecule has 8 aromatic rings. The van der Waals surface area contributed by atoms with E-state index in [2.05, 4.69) is 55.7 Å². The summed E-state index contributed by atoms with van der Waals surface area (Å²) in [6, 6.07) is 44.5. The van der Waals surface area contributed by atoms with Gasteiger partial charge in [-0.15, -0.1) is 0 Å². The summed E-state index contributed by atoms with van der Waals surface area (Å²) in [4.78, 5) is 46.4. The van der Waals surface area contributed by atoms with E-state index < -0.39 is 0 Å². The molecule has 0 spiro atoms. The summed E-state index contributed by atoms with van der Waals surface area (Å²) in [6.45, 7) is 6.06. The number of nitrogens with one attached hydrogen (secondary N) is 2. The van der Waals surface area contributed by atoms with Gasteiger partial charge in [-0.1, -0.05) is 171 Å². The number of nitrogens with two attached hydrogens (primary N) is 1. The van der Waals surface area contributed by atoms with Gasteiger partial charge in [0.25, 0.3) is 0 Å². The van der Waals surface area contributed by atoms with Crippen LogP contribution < -0.4 is 16.4 Å². The summed E-state index contributed by atoms with van der Waals surface area (Å²) >= 11 is 12.9. The standard InChI is InChI=1S/C34H33ClN4O3.C23H26ClN3O2/c1-3-4-16-31-38-32(35)30(21-36-34(41)37-29-15-9-11-24-10-5-6-13-27(24)29)39(31)22-23-17-19-25(20-18-23)26-12-7-8-14-28(26)33(40)42-2;1-3-4-9-21-26-22(24)20(14-25)27(21)15-16-10-12-17(13-11-16)18-7-5-6-8-19(18)23(28)29-2/h5-15,17-20H,3-4,16,21-22H2,1-2H3,(H2,36,37,41);5-8,10-13H,3-4,9,14-15,25H2,1-2H3. The number of aromatic nitrogens is 4. The van der Waals surface area contributed by atoms with Crippen LogP contribution in [0.15, 0.2) is 140 Å². The van der Waals surface area contributed by atoms with Gasteiger partial charge in [0.1, 0.15) is 11.6 Å². The molecule has 0 fully saturated rings. The number of amides is 2. The number of methoxy groups -OCH3 is 2. The van der Waals surface area contributed by atoms with E-state index in [1.165, 1.54) is 14.2 Å². The van der Waals surface area contributed by atoms with E-state index in [1.807, 2.05) is 115 Å². The fourth-order valence-corrected chi connectivity index (χ4v) is 9.00. The summed E-state index contributed by atoms with van der Waals surface area (Å²) in [5.74, 6) is 1.14. The van der Waals surface area contributed by atoms with Crippen molar-refractivity contribution in [2.75, 3.05) is 19.5 Å². The van der Waals surface area contributed by atoms with Crippen LogP contribution in [-0.2, 0) is 48.5 Å². The zero-order chi connectivity index (χ0) is 50.3. The lowest BCUT2D eigenvalue weighted by Gasteiger charge is -2.15. The van der Waals surface area contributed by atoms with Crippen molar-refractivity contribution in [1.82, 2.24) is 24.4 Å². The third kappa shape index (κ3) is 12.8. The van der Waals surface area contributed by atoms with Crippen LogP contribution in [0.3, 0.4) is 0 Å². The number of hydrogen-bond acceptors (Lipinski definition) is 8. The molecule has 6 aromatic carbocycles. The number of halogens is 2. The molecule has 71 heavy (non-hydrogen) atoms. The van der Waals surface area contributed by atoms with E-state index in [9.17, 15) is 14.4 Å². The molecule has 12 nitrogen and oxygen atoms in total. The highest BCUT2D eigenvalue weighted by Gasteiger charge is 2.20. The molecule has 0 aliphatic carbocycles. The molecule has 0 radical (unpaired) electrons. The summed E-state index contributed by atoms with van der Waals surface area (Å²) in [6.07, 6.45) is 5.81. The van der Waals surface area contributed by atoms with Crippen LogP contribution in [0.2, 0.25) is 10.3 Å². The van der Waals surface area contributed by atoms with Crippen LogP contribution in [-0.4, -0.2) is 51.3 Å². The second-order valence-electron chi connectivity index (χ2n) is 16.9. The van der Waals surface area contributed by atoms with Crippen LogP contribution in [0.25, 0.3) is 33.0 Å². The Balaban J connectivity index is 0.000000224. The molecule has 0 bridgehead atoms. The van der Waals surface area contributed by atoms with Crippen molar-refractivity contribution >= 4 is 57.6 Å². The van der Waals surface area contributed by atoms with Gasteiger partial charge >= 0.3 is 18.0 Å². The van der Waals surface area contributed by atoms with Crippen molar-refractivity contribution < 1.29 is 23.9 Å². The lowest BCUT2D eigenvalue weighted by molar-refractivity contribution is 0.0592. The molecular formula is C57H59Cl2N7O5. The van der Waals surface area contributed by atoms with Crippen LogP contribution in [0, 0.1) is 0 Å². The highest BCUT2D eigenvalue weighted by atomic mass is 35.5. The van der Waals surface area contributed by atoms with E-state index >= 15 is 0 Å². The van der Waals surface area contributed by atoms with E-state index in [1.54, 1.807) is 12.1 Å². The zero-order valence-corrected chi connectivity index (χ0v) is 42.0. The molecule has 2 aromatic heterocycles. The maximum Gasteiger partial charge on any atom is 0.338 e. The third-order valence-corrected chi connectivity index (χ3v) is 12.8. The number of ether oxygens (including phenoxy) is 2. The molecule has 14 heteroatoms. The summed E-state index contributed by atoms with van der Waals surface area (Å²) in [5.41, 5.74) is 15.0. The van der Waals surface area contributed by atoms with Gasteiger partial charge in [0.05, 0.1) is 49.0 Å². The molecule has 366 valence electrons. The number of rotatable bonds is 18. The topological polar surface area (TPSA) is 155 Å². The summed E-state index contributed by atoms with van der Waals surface area (Å²) in [7, 11) is 2.78. The van der Waals surface area contributed by atoms with Crippen molar-refractivity contribution in [2.45, 2.75) is 78.6 Å². The Bertz CT molecular complexity index is 3090. The SMILES string of the molecule is CCCCc1nc(Cl)c(CN)n1Cc1ccc(-c2ccccc2C(=O)OC)cc1.CCCCc1nc(Cl)c(CNC(=O)Nc2cccc3ccccc23)n1Cc1ccc(-c2ccccc2C(=O)OC)cc1. The Kier molecular flexibility index (Phi) is 18.2. The smallest absolute Gasteiger partial charge is 0.338 e. The molecule has 8 rings (SSSR count). The number of carbonyl (C=O) groups is 3. The van der Waals surface area contributed by atoms with Crippen LogP contribution in [0.1, 0.15) is 94.4 Å². The van der Waals surface area contributed by atoms with Crippen molar-refractivity contribution in [3.63, 3.8) is 0 Å². The van der Waals surface area contributed by atoms with Gasteiger partial charge < -0.3 is 35.0 Å². The Morgan fingerprint density at radius 3 is 1.56 bits per heavy atom. The van der Waals surface area contributed by atoms with Crippen LogP contribution in [0.5, 0.6) is 0 Å². The fraction of sp³-hybridized carbons (Fsp3) is 0.246. The van der Waals surface area contributed by atoms with E-state index in [4.69, 9.17) is 38.4 Å². The highest BCUT2D eigenvalue weighted by molar-refractivity contribution is 6.30. The molecule has 0 saturated carbocycles. The van der Waals surface area contributed by atoms with E-state index in [0.717, 1.165) is 111 Å². The number of aryl methyl sites for hydroxylation is 2. The van der Waals surface area contributed by atoms with Crippen molar-refractivity contribution in [3.8, 4) is 22.3 Å². The number of esters is 2. The van der Waals surface area contributed by atoms with Crippen molar-refractivity contribution in [1.29, 1.82) is 0 Å². The fourth-order valence-electron chi connectivity index (χ4n) is 8.45. The van der Waals surface area contributed by atoms with Gasteiger partial charge in [-0.05, 0) is 69.8 Å². The van der Waals surface area contributed by atoms with Crippen LogP contribution in [0.4, 0.5) is 10.5 Å². The number of urea groups is 1. The average molecular weight is 993 g/mol. The maximum atomic E-state index is 12.9. The number of carbonyl (C=O) groups excluding carboxylic acids is 3. The lowest BCUT2D eigenvalue weighted by atomic mass is 9.98. The minimum Gasteiger partial charge on any atom is -0.465 e. The molecular weight excluding hydrogens is 934 g/mol. The van der Waals surface area contributed by atoms with Gasteiger partial charge in [-0.3, -0.25) is 0 Å². The molecule has 2 amide bonds. The largest absolute Gasteiger partial charge is 0.465 e. The van der Waals surface area contributed by atoms with E-state index in [0.29, 0.717) is 41.1 Å². The number of anilines is 1. The van der Waals surface area contributed by atoms with Gasteiger partial charge in [-0.25, -0.2) is 24.4 Å². The molecule has 0 unspecified atom stereocenters. The first-order valence-corrected chi connectivity index (χ1v) is 24.6. The van der Waals surface area contributed by atoms with Crippen molar-refractivity contribution in [2.24, 2.45) is 5.73 Å². The predicted octanol–water partition coefficient (Wildman–Crippen LogP) is 12.7. The predicted molar refractivity (Wildman–Crippen MR) is 284 cm³/mol. The molecule has 0 aliphatic rings. The molecule has 0 aliphatic heterocycles. The Morgan fingerprint density at radius 2 is 1.06 bits per heavy atom. The van der Waals surface area contributed by atoms with E-state index in [-0.39, 0.29) is 24.5 Å². The number of unbranched alkanes of at least 4 members (excludes halogenated alkanes) is 2. The van der Waals surface area contributed by atoms with Gasteiger partial charge in [0.15, 0.2) is 10.3 Å². The first-order valence-electron chi connectivity index (χ1n) is 23.8. The minimum atomic E-state index is -0.370. The average Bonchev–Trinajstić information content (AvgIpc) is 3.88. The van der Waals surface area contributed by atoms with Gasteiger partial charge in [0, 0.05) is 37.9 Å². The Hall–Kier alpha value is -7.25. The molecule has 0 atom stereocenters. The van der Waals surface area contributed by atoms with Crippen LogP contribution >= 0.6 is 23.2 Å². The molecule has 2 heterocycles. The van der Waals surface area contributed by atoms with Crippen molar-refractivity contribution in [3.05, 3.63) is 195 Å². The minimum absolute atomic E-state index is 0.221. The quantitative estimate of drug-likeness (QED) is 0.0718. The zero-order valence-electron chi connectivity index (χ0n) is 40.5. The number of benzene rings is 6. The first-order chi connectivity index (χ1) is 34.6. The monoisotopic (exact) mass is 991 g/mol. The second kappa shape index (κ2) is 25.0. The number of imidazole rings is 2. The first kappa shape index (κ1) is 51.6.